The van der Waals surface area contributed by atoms with E-state index >= 15 is 0 Å². The van der Waals surface area contributed by atoms with Gasteiger partial charge in [-0.2, -0.15) is 18.9 Å². The summed E-state index contributed by atoms with van der Waals surface area (Å²) in [6, 6.07) is 4.49. The molecular formula is C16H14F8N2O3. The Hall–Kier alpha value is -2.28. The van der Waals surface area contributed by atoms with E-state index in [1.807, 2.05) is 0 Å². The summed E-state index contributed by atoms with van der Waals surface area (Å²) in [5.41, 5.74) is -4.77. The van der Waals surface area contributed by atoms with Gasteiger partial charge in [-0.05, 0) is 17.7 Å². The normalized spacial score (nSPS) is 20.1. The molecule has 0 aromatic heterocycles. The molecule has 1 N–H and O–H groups in total. The molecule has 0 saturated carbocycles. The van der Waals surface area contributed by atoms with Crippen molar-refractivity contribution in [2.45, 2.75) is 44.0 Å². The summed E-state index contributed by atoms with van der Waals surface area (Å²) in [6.45, 7) is -2.24. The Balaban J connectivity index is 2.17. The van der Waals surface area contributed by atoms with Crippen molar-refractivity contribution in [3.05, 3.63) is 35.4 Å². The molecule has 162 valence electrons. The lowest BCUT2D eigenvalue weighted by atomic mass is 10.1. The predicted octanol–water partition coefficient (Wildman–Crippen LogP) is 3.52. The third-order valence-corrected chi connectivity index (χ3v) is 3.89. The first kappa shape index (κ1) is 23.0. The Labute approximate surface area is 158 Å². The second-order valence-electron chi connectivity index (χ2n) is 6.12. The fourth-order valence-electron chi connectivity index (χ4n) is 2.39. The van der Waals surface area contributed by atoms with E-state index in [1.54, 1.807) is 0 Å². The van der Waals surface area contributed by atoms with Gasteiger partial charge in [-0.15, -0.1) is 0 Å². The SMILES string of the molecule is O=C(c1cccc(COCC(F)(F)C(F)F)c1)N1N=C(C(F)F)C[C@@]1(O)C(F)F. The van der Waals surface area contributed by atoms with E-state index in [1.165, 1.54) is 12.1 Å². The van der Waals surface area contributed by atoms with E-state index in [4.69, 9.17) is 0 Å². The highest BCUT2D eigenvalue weighted by Crippen LogP contribution is 2.34. The van der Waals surface area contributed by atoms with E-state index in [-0.39, 0.29) is 10.6 Å². The summed E-state index contributed by atoms with van der Waals surface area (Å²) in [4.78, 5) is 12.4. The Morgan fingerprint density at radius 3 is 2.45 bits per heavy atom. The number of carbonyl (C=O) groups excluding carboxylic acids is 1. The predicted molar refractivity (Wildman–Crippen MR) is 82.2 cm³/mol. The average molecular weight is 434 g/mol. The van der Waals surface area contributed by atoms with Crippen LogP contribution in [0.4, 0.5) is 35.1 Å². The molecule has 2 rings (SSSR count). The van der Waals surface area contributed by atoms with Crippen molar-refractivity contribution in [3.63, 3.8) is 0 Å². The van der Waals surface area contributed by atoms with Gasteiger partial charge in [0.25, 0.3) is 18.8 Å². The average Bonchev–Trinajstić information content (AvgIpc) is 3.00. The topological polar surface area (TPSA) is 62.1 Å². The number of halogens is 8. The lowest BCUT2D eigenvalue weighted by molar-refractivity contribution is -0.168. The van der Waals surface area contributed by atoms with Crippen LogP contribution in [0.5, 0.6) is 0 Å². The lowest BCUT2D eigenvalue weighted by Gasteiger charge is -2.30. The number of rotatable bonds is 8. The largest absolute Gasteiger partial charge is 0.370 e. The number of ether oxygens (including phenoxy) is 1. The fourth-order valence-corrected chi connectivity index (χ4v) is 2.39. The highest BCUT2D eigenvalue weighted by molar-refractivity contribution is 5.99. The summed E-state index contributed by atoms with van der Waals surface area (Å²) in [7, 11) is 0. The summed E-state index contributed by atoms with van der Waals surface area (Å²) in [6.07, 6.45) is -12.1. The molecule has 13 heteroatoms. The Morgan fingerprint density at radius 2 is 1.90 bits per heavy atom. The maximum absolute atomic E-state index is 13.2. The Kier molecular flexibility index (Phi) is 6.83. The van der Waals surface area contributed by atoms with E-state index < -0.39 is 67.7 Å². The second-order valence-corrected chi connectivity index (χ2v) is 6.12. The highest BCUT2D eigenvalue weighted by atomic mass is 19.3. The molecule has 29 heavy (non-hydrogen) atoms. The Morgan fingerprint density at radius 1 is 1.24 bits per heavy atom. The van der Waals surface area contributed by atoms with Gasteiger partial charge in [0, 0.05) is 12.0 Å². The van der Waals surface area contributed by atoms with Gasteiger partial charge in [0.2, 0.25) is 5.72 Å². The number of alkyl halides is 8. The number of hydrazone groups is 1. The van der Waals surface area contributed by atoms with Gasteiger partial charge in [-0.3, -0.25) is 4.79 Å². The summed E-state index contributed by atoms with van der Waals surface area (Å²) >= 11 is 0. The van der Waals surface area contributed by atoms with Crippen molar-refractivity contribution in [3.8, 4) is 0 Å². The molecule has 0 radical (unpaired) electrons. The minimum atomic E-state index is -4.39. The zero-order valence-electron chi connectivity index (χ0n) is 14.3. The van der Waals surface area contributed by atoms with Crippen molar-refractivity contribution < 1.29 is 49.8 Å². The minimum absolute atomic E-state index is 0.0266. The standard InChI is InChI=1S/C16H14F8N2O3/c17-11(18)10-5-16(28,14(21)22)26(25-10)12(27)9-3-1-2-8(4-9)6-29-7-15(23,24)13(19)20/h1-4,11,13-14,28H,5-7H2/t16-/m1/s1. The molecule has 1 atom stereocenters. The first-order valence-corrected chi connectivity index (χ1v) is 7.91. The molecule has 1 amide bonds. The zero-order chi connectivity index (χ0) is 22.0. The number of amides is 1. The molecule has 1 aliphatic heterocycles. The second kappa shape index (κ2) is 8.61. The number of hydrogen-bond acceptors (Lipinski definition) is 4. The molecular weight excluding hydrogens is 420 g/mol. The van der Waals surface area contributed by atoms with E-state index in [0.717, 1.165) is 12.1 Å². The van der Waals surface area contributed by atoms with Crippen LogP contribution in [0.15, 0.2) is 29.4 Å². The molecule has 0 saturated heterocycles. The summed E-state index contributed by atoms with van der Waals surface area (Å²) in [5, 5.41) is 12.9. The van der Waals surface area contributed by atoms with Crippen LogP contribution in [0.2, 0.25) is 0 Å². The molecule has 0 bridgehead atoms. The van der Waals surface area contributed by atoms with Crippen LogP contribution in [-0.2, 0) is 11.3 Å². The monoisotopic (exact) mass is 434 g/mol. The third-order valence-electron chi connectivity index (χ3n) is 3.89. The van der Waals surface area contributed by atoms with Gasteiger partial charge in [0.1, 0.15) is 12.3 Å². The molecule has 0 spiro atoms. The highest BCUT2D eigenvalue weighted by Gasteiger charge is 2.53. The van der Waals surface area contributed by atoms with Crippen molar-refractivity contribution in [1.29, 1.82) is 0 Å². The molecule has 1 aliphatic rings. The molecule has 5 nitrogen and oxygen atoms in total. The zero-order valence-corrected chi connectivity index (χ0v) is 14.3. The first-order valence-electron chi connectivity index (χ1n) is 7.91. The van der Waals surface area contributed by atoms with E-state index in [9.17, 15) is 45.0 Å². The number of benzene rings is 1. The number of aliphatic hydroxyl groups is 1. The molecule has 0 aliphatic carbocycles. The van der Waals surface area contributed by atoms with Gasteiger partial charge in [0.05, 0.1) is 6.61 Å². The number of carbonyl (C=O) groups is 1. The maximum atomic E-state index is 13.2. The van der Waals surface area contributed by atoms with E-state index in [2.05, 4.69) is 9.84 Å². The maximum Gasteiger partial charge on any atom is 0.330 e. The first-order chi connectivity index (χ1) is 13.4. The van der Waals surface area contributed by atoms with Gasteiger partial charge in [-0.1, -0.05) is 12.1 Å². The van der Waals surface area contributed by atoms with Crippen LogP contribution in [0, 0.1) is 0 Å². The Bertz CT molecular complexity index is 774. The van der Waals surface area contributed by atoms with Crippen molar-refractivity contribution in [2.24, 2.45) is 5.10 Å². The van der Waals surface area contributed by atoms with Crippen LogP contribution in [0.1, 0.15) is 22.3 Å². The molecule has 1 aromatic carbocycles. The van der Waals surface area contributed by atoms with Crippen LogP contribution >= 0.6 is 0 Å². The van der Waals surface area contributed by atoms with E-state index in [0.29, 0.717) is 0 Å². The van der Waals surface area contributed by atoms with Crippen LogP contribution in [0.3, 0.4) is 0 Å². The van der Waals surface area contributed by atoms with Crippen LogP contribution in [-0.4, -0.2) is 59.3 Å². The molecule has 0 fully saturated rings. The molecule has 1 aromatic rings. The lowest BCUT2D eigenvalue weighted by Crippen LogP contribution is -2.51. The smallest absolute Gasteiger partial charge is 0.330 e. The molecule has 0 unspecified atom stereocenters. The molecule has 1 heterocycles. The number of hydrogen-bond donors (Lipinski definition) is 1. The van der Waals surface area contributed by atoms with Crippen LogP contribution < -0.4 is 0 Å². The van der Waals surface area contributed by atoms with Gasteiger partial charge < -0.3 is 9.84 Å². The summed E-state index contributed by atoms with van der Waals surface area (Å²) in [5.74, 6) is -5.75. The van der Waals surface area contributed by atoms with Crippen molar-refractivity contribution in [1.82, 2.24) is 5.01 Å². The van der Waals surface area contributed by atoms with Gasteiger partial charge in [0.15, 0.2) is 0 Å². The van der Waals surface area contributed by atoms with Crippen molar-refractivity contribution in [2.75, 3.05) is 6.61 Å². The third kappa shape index (κ3) is 5.01. The fraction of sp³-hybridized carbons (Fsp3) is 0.500. The number of nitrogens with zero attached hydrogens (tertiary/aromatic N) is 2. The van der Waals surface area contributed by atoms with Crippen LogP contribution in [0.25, 0.3) is 0 Å². The quantitative estimate of drug-likeness (QED) is 0.637. The summed E-state index contributed by atoms with van der Waals surface area (Å²) < 4.78 is 106. The minimum Gasteiger partial charge on any atom is -0.370 e. The van der Waals surface area contributed by atoms with Gasteiger partial charge in [-0.25, -0.2) is 26.3 Å². The van der Waals surface area contributed by atoms with Gasteiger partial charge >= 0.3 is 12.3 Å². The van der Waals surface area contributed by atoms with Crippen molar-refractivity contribution >= 4 is 11.6 Å².